The smallest absolute Gasteiger partial charge is 0.370 e. The lowest BCUT2D eigenvalue weighted by molar-refractivity contribution is -0.173. The standard InChI is InChI=1S/C14H13F4NO2S/c1-8-11-9(15)3-2-4-10(11)22-12(8)13(20)19-5-6-21-7-14(16,17)18/h2-4H,5-7H2,1H3,(H,19,20). The molecule has 1 aromatic carbocycles. The zero-order valence-corrected chi connectivity index (χ0v) is 12.4. The molecule has 2 aromatic rings. The summed E-state index contributed by atoms with van der Waals surface area (Å²) in [6.07, 6.45) is -4.39. The summed E-state index contributed by atoms with van der Waals surface area (Å²) in [5.74, 6) is -0.854. The Bertz CT molecular complexity index is 681. The number of carbonyl (C=O) groups excluding carboxylic acids is 1. The highest BCUT2D eigenvalue weighted by Crippen LogP contribution is 2.32. The second-order valence-electron chi connectivity index (χ2n) is 4.59. The molecule has 0 saturated carbocycles. The Labute approximate surface area is 127 Å². The number of nitrogens with one attached hydrogen (secondary N) is 1. The number of hydrogen-bond donors (Lipinski definition) is 1. The molecule has 8 heteroatoms. The molecule has 22 heavy (non-hydrogen) atoms. The fourth-order valence-corrected chi connectivity index (χ4v) is 3.11. The van der Waals surface area contributed by atoms with E-state index in [-0.39, 0.29) is 13.2 Å². The van der Waals surface area contributed by atoms with Crippen LogP contribution in [-0.2, 0) is 4.74 Å². The molecular weight excluding hydrogens is 322 g/mol. The molecule has 1 amide bonds. The highest BCUT2D eigenvalue weighted by Gasteiger charge is 2.27. The Morgan fingerprint density at radius 3 is 2.73 bits per heavy atom. The van der Waals surface area contributed by atoms with Crippen molar-refractivity contribution >= 4 is 27.3 Å². The zero-order valence-electron chi connectivity index (χ0n) is 11.6. The molecular formula is C14H13F4NO2S. The number of carbonyl (C=O) groups is 1. The minimum Gasteiger partial charge on any atom is -0.370 e. The van der Waals surface area contributed by atoms with Crippen LogP contribution in [0.2, 0.25) is 0 Å². The van der Waals surface area contributed by atoms with Gasteiger partial charge >= 0.3 is 6.18 Å². The van der Waals surface area contributed by atoms with Crippen LogP contribution in [0.3, 0.4) is 0 Å². The number of benzene rings is 1. The number of rotatable bonds is 5. The van der Waals surface area contributed by atoms with E-state index in [4.69, 9.17) is 0 Å². The van der Waals surface area contributed by atoms with Crippen LogP contribution in [0.25, 0.3) is 10.1 Å². The summed E-state index contributed by atoms with van der Waals surface area (Å²) >= 11 is 1.14. The van der Waals surface area contributed by atoms with Crippen molar-refractivity contribution in [3.05, 3.63) is 34.5 Å². The number of ether oxygens (including phenoxy) is 1. The summed E-state index contributed by atoms with van der Waals surface area (Å²) in [5.41, 5.74) is 0.520. The van der Waals surface area contributed by atoms with Crippen LogP contribution >= 0.6 is 11.3 Å². The number of alkyl halides is 3. The molecule has 1 N–H and O–H groups in total. The van der Waals surface area contributed by atoms with Crippen molar-refractivity contribution in [1.29, 1.82) is 0 Å². The minimum absolute atomic E-state index is 0.0505. The third-order valence-electron chi connectivity index (χ3n) is 2.91. The average molecular weight is 335 g/mol. The highest BCUT2D eigenvalue weighted by atomic mass is 32.1. The topological polar surface area (TPSA) is 38.3 Å². The average Bonchev–Trinajstić information content (AvgIpc) is 2.75. The molecule has 0 spiro atoms. The van der Waals surface area contributed by atoms with E-state index < -0.39 is 24.5 Å². The first kappa shape index (κ1) is 16.7. The van der Waals surface area contributed by atoms with Gasteiger partial charge in [0.2, 0.25) is 0 Å². The van der Waals surface area contributed by atoms with Gasteiger partial charge in [0.25, 0.3) is 5.91 Å². The van der Waals surface area contributed by atoms with E-state index in [0.717, 1.165) is 11.3 Å². The lowest BCUT2D eigenvalue weighted by Crippen LogP contribution is -2.28. The molecule has 1 aromatic heterocycles. The molecule has 1 heterocycles. The van der Waals surface area contributed by atoms with Crippen molar-refractivity contribution in [2.24, 2.45) is 0 Å². The first-order valence-electron chi connectivity index (χ1n) is 6.40. The van der Waals surface area contributed by atoms with Crippen LogP contribution in [0.15, 0.2) is 18.2 Å². The van der Waals surface area contributed by atoms with E-state index in [1.165, 1.54) is 6.07 Å². The van der Waals surface area contributed by atoms with Crippen molar-refractivity contribution < 1.29 is 27.1 Å². The Morgan fingerprint density at radius 1 is 1.36 bits per heavy atom. The molecule has 0 radical (unpaired) electrons. The third-order valence-corrected chi connectivity index (χ3v) is 4.16. The summed E-state index contributed by atoms with van der Waals surface area (Å²) in [7, 11) is 0. The molecule has 0 aliphatic rings. The van der Waals surface area contributed by atoms with Gasteiger partial charge in [-0.15, -0.1) is 11.3 Å². The van der Waals surface area contributed by atoms with Crippen molar-refractivity contribution in [3.63, 3.8) is 0 Å². The van der Waals surface area contributed by atoms with Crippen LogP contribution < -0.4 is 5.32 Å². The summed E-state index contributed by atoms with van der Waals surface area (Å²) in [5, 5.41) is 2.86. The number of halogens is 4. The molecule has 2 rings (SSSR count). The van der Waals surface area contributed by atoms with Crippen molar-refractivity contribution in [2.75, 3.05) is 19.8 Å². The van der Waals surface area contributed by atoms with E-state index in [1.54, 1.807) is 19.1 Å². The Morgan fingerprint density at radius 2 is 2.09 bits per heavy atom. The third kappa shape index (κ3) is 3.95. The predicted octanol–water partition coefficient (Wildman–Crippen LogP) is 3.66. The highest BCUT2D eigenvalue weighted by molar-refractivity contribution is 7.21. The van der Waals surface area contributed by atoms with E-state index in [0.29, 0.717) is 20.5 Å². The molecule has 3 nitrogen and oxygen atoms in total. The maximum atomic E-state index is 13.7. The van der Waals surface area contributed by atoms with Crippen LogP contribution in [0, 0.1) is 12.7 Å². The van der Waals surface area contributed by atoms with Crippen molar-refractivity contribution in [2.45, 2.75) is 13.1 Å². The van der Waals surface area contributed by atoms with E-state index in [2.05, 4.69) is 10.1 Å². The van der Waals surface area contributed by atoms with Crippen LogP contribution in [0.4, 0.5) is 17.6 Å². The first-order chi connectivity index (χ1) is 10.3. The minimum atomic E-state index is -4.39. The maximum absolute atomic E-state index is 13.7. The van der Waals surface area contributed by atoms with E-state index >= 15 is 0 Å². The summed E-state index contributed by atoms with van der Waals surface area (Å²) in [6, 6.07) is 4.58. The normalized spacial score (nSPS) is 11.9. The van der Waals surface area contributed by atoms with Gasteiger partial charge in [-0.3, -0.25) is 4.79 Å². The van der Waals surface area contributed by atoms with E-state index in [1.807, 2.05) is 0 Å². The zero-order chi connectivity index (χ0) is 16.3. The summed E-state index contributed by atoms with van der Waals surface area (Å²) in [6.45, 7) is -0.0123. The van der Waals surface area contributed by atoms with Gasteiger partial charge in [-0.2, -0.15) is 13.2 Å². The molecule has 0 saturated heterocycles. The lowest BCUT2D eigenvalue weighted by atomic mass is 10.1. The molecule has 0 bridgehead atoms. The second kappa shape index (κ2) is 6.62. The van der Waals surface area contributed by atoms with Gasteiger partial charge in [0.15, 0.2) is 0 Å². The monoisotopic (exact) mass is 335 g/mol. The lowest BCUT2D eigenvalue weighted by Gasteiger charge is -2.08. The SMILES string of the molecule is Cc1c(C(=O)NCCOCC(F)(F)F)sc2cccc(F)c12. The molecule has 120 valence electrons. The molecule has 0 aliphatic carbocycles. The number of aryl methyl sites for hydroxylation is 1. The molecule has 0 fully saturated rings. The van der Waals surface area contributed by atoms with Crippen molar-refractivity contribution in [1.82, 2.24) is 5.32 Å². The second-order valence-corrected chi connectivity index (χ2v) is 5.65. The number of fused-ring (bicyclic) bond motifs is 1. The summed E-state index contributed by atoms with van der Waals surface area (Å²) in [4.78, 5) is 12.3. The quantitative estimate of drug-likeness (QED) is 0.669. The van der Waals surface area contributed by atoms with E-state index in [9.17, 15) is 22.4 Å². The fourth-order valence-electron chi connectivity index (χ4n) is 1.97. The maximum Gasteiger partial charge on any atom is 0.411 e. The van der Waals surface area contributed by atoms with Gasteiger partial charge < -0.3 is 10.1 Å². The van der Waals surface area contributed by atoms with Crippen LogP contribution in [0.1, 0.15) is 15.2 Å². The first-order valence-corrected chi connectivity index (χ1v) is 7.21. The predicted molar refractivity (Wildman–Crippen MR) is 75.7 cm³/mol. The Hall–Kier alpha value is -1.67. The van der Waals surface area contributed by atoms with Gasteiger partial charge in [0.05, 0.1) is 11.5 Å². The molecule has 0 unspecified atom stereocenters. The van der Waals surface area contributed by atoms with Crippen LogP contribution in [-0.4, -0.2) is 31.8 Å². The van der Waals surface area contributed by atoms with Crippen molar-refractivity contribution in [3.8, 4) is 0 Å². The van der Waals surface area contributed by atoms with Gasteiger partial charge in [0, 0.05) is 16.6 Å². The van der Waals surface area contributed by atoms with Gasteiger partial charge in [-0.05, 0) is 24.6 Å². The van der Waals surface area contributed by atoms with Gasteiger partial charge in [0.1, 0.15) is 12.4 Å². The van der Waals surface area contributed by atoms with Gasteiger partial charge in [-0.25, -0.2) is 4.39 Å². The molecule has 0 atom stereocenters. The Kier molecular flexibility index (Phi) is 5.02. The number of amides is 1. The fraction of sp³-hybridized carbons (Fsp3) is 0.357. The molecule has 0 aliphatic heterocycles. The van der Waals surface area contributed by atoms with Gasteiger partial charge in [-0.1, -0.05) is 6.07 Å². The largest absolute Gasteiger partial charge is 0.411 e. The number of hydrogen-bond acceptors (Lipinski definition) is 3. The number of thiophene rings is 1. The van der Waals surface area contributed by atoms with Crippen LogP contribution in [0.5, 0.6) is 0 Å². The summed E-state index contributed by atoms with van der Waals surface area (Å²) < 4.78 is 54.4. The Balaban J connectivity index is 1.96.